The monoisotopic (exact) mass is 277 g/mol. The molecule has 1 nitrogen and oxygen atoms in total. The SMILES string of the molecule is Nc1ccccc1/C1=C(\c2ccccc2)CCCCCC1. The number of allylic oxidation sites excluding steroid dienone is 2. The second kappa shape index (κ2) is 6.62. The van der Waals surface area contributed by atoms with Crippen LogP contribution in [-0.4, -0.2) is 0 Å². The zero-order chi connectivity index (χ0) is 14.5. The van der Waals surface area contributed by atoms with Crippen molar-refractivity contribution < 1.29 is 0 Å². The second-order valence-corrected chi connectivity index (χ2v) is 5.82. The Balaban J connectivity index is 2.14. The predicted octanol–water partition coefficient (Wildman–Crippen LogP) is 5.53. The smallest absolute Gasteiger partial charge is 0.0390 e. The first-order valence-corrected chi connectivity index (χ1v) is 7.98. The third-order valence-corrected chi connectivity index (χ3v) is 4.38. The van der Waals surface area contributed by atoms with Crippen molar-refractivity contribution in [3.8, 4) is 0 Å². The van der Waals surface area contributed by atoms with Crippen molar-refractivity contribution >= 4 is 16.8 Å². The number of hydrogen-bond donors (Lipinski definition) is 1. The Hall–Kier alpha value is -2.02. The molecule has 0 fully saturated rings. The van der Waals surface area contributed by atoms with Crippen LogP contribution < -0.4 is 5.73 Å². The minimum Gasteiger partial charge on any atom is -0.398 e. The van der Waals surface area contributed by atoms with Gasteiger partial charge in [-0.1, -0.05) is 61.4 Å². The zero-order valence-corrected chi connectivity index (χ0v) is 12.5. The van der Waals surface area contributed by atoms with E-state index in [1.165, 1.54) is 48.0 Å². The van der Waals surface area contributed by atoms with Gasteiger partial charge in [0, 0.05) is 11.3 Å². The van der Waals surface area contributed by atoms with E-state index in [9.17, 15) is 0 Å². The van der Waals surface area contributed by atoms with Gasteiger partial charge >= 0.3 is 0 Å². The van der Waals surface area contributed by atoms with Gasteiger partial charge in [-0.2, -0.15) is 0 Å². The number of nitrogen functional groups attached to an aromatic ring is 1. The van der Waals surface area contributed by atoms with E-state index in [0.29, 0.717) is 0 Å². The van der Waals surface area contributed by atoms with Crippen molar-refractivity contribution in [3.63, 3.8) is 0 Å². The topological polar surface area (TPSA) is 26.0 Å². The zero-order valence-electron chi connectivity index (χ0n) is 12.5. The molecule has 0 radical (unpaired) electrons. The normalized spacial score (nSPS) is 19.8. The van der Waals surface area contributed by atoms with Crippen LogP contribution in [0.1, 0.15) is 49.7 Å². The van der Waals surface area contributed by atoms with Gasteiger partial charge in [0.05, 0.1) is 0 Å². The van der Waals surface area contributed by atoms with Gasteiger partial charge in [0.15, 0.2) is 0 Å². The molecule has 2 aromatic rings. The lowest BCUT2D eigenvalue weighted by atomic mass is 9.85. The lowest BCUT2D eigenvalue weighted by Crippen LogP contribution is -2.00. The Morgan fingerprint density at radius 3 is 1.95 bits per heavy atom. The van der Waals surface area contributed by atoms with Crippen LogP contribution in [0.2, 0.25) is 0 Å². The molecule has 0 unspecified atom stereocenters. The molecule has 0 saturated heterocycles. The van der Waals surface area contributed by atoms with Crippen LogP contribution >= 0.6 is 0 Å². The maximum Gasteiger partial charge on any atom is 0.0390 e. The highest BCUT2D eigenvalue weighted by Gasteiger charge is 2.15. The molecule has 0 spiro atoms. The average Bonchev–Trinajstić information content (AvgIpc) is 2.49. The Bertz CT molecular complexity index is 625. The van der Waals surface area contributed by atoms with Gasteiger partial charge in [0.2, 0.25) is 0 Å². The largest absolute Gasteiger partial charge is 0.398 e. The summed E-state index contributed by atoms with van der Waals surface area (Å²) < 4.78 is 0. The number of hydrogen-bond acceptors (Lipinski definition) is 1. The van der Waals surface area contributed by atoms with Crippen LogP contribution in [0.3, 0.4) is 0 Å². The summed E-state index contributed by atoms with van der Waals surface area (Å²) in [6.07, 6.45) is 7.51. The van der Waals surface area contributed by atoms with E-state index in [4.69, 9.17) is 5.73 Å². The maximum absolute atomic E-state index is 6.25. The first-order valence-electron chi connectivity index (χ1n) is 7.98. The summed E-state index contributed by atoms with van der Waals surface area (Å²) in [5, 5.41) is 0. The van der Waals surface area contributed by atoms with Crippen LogP contribution in [-0.2, 0) is 0 Å². The summed E-state index contributed by atoms with van der Waals surface area (Å²) in [5.41, 5.74) is 12.7. The van der Waals surface area contributed by atoms with Crippen molar-refractivity contribution in [3.05, 3.63) is 65.7 Å². The van der Waals surface area contributed by atoms with Gasteiger partial charge in [0.1, 0.15) is 0 Å². The van der Waals surface area contributed by atoms with E-state index in [1.54, 1.807) is 0 Å². The van der Waals surface area contributed by atoms with Crippen LogP contribution in [0.15, 0.2) is 54.6 Å². The van der Waals surface area contributed by atoms with Crippen molar-refractivity contribution in [1.29, 1.82) is 0 Å². The van der Waals surface area contributed by atoms with Gasteiger partial charge < -0.3 is 5.73 Å². The van der Waals surface area contributed by atoms with Gasteiger partial charge in [-0.15, -0.1) is 0 Å². The fourth-order valence-corrected chi connectivity index (χ4v) is 3.29. The van der Waals surface area contributed by atoms with Crippen LogP contribution in [0.4, 0.5) is 5.69 Å². The summed E-state index contributed by atoms with van der Waals surface area (Å²) in [6, 6.07) is 19.1. The maximum atomic E-state index is 6.25. The third kappa shape index (κ3) is 3.18. The first-order chi connectivity index (χ1) is 10.4. The van der Waals surface area contributed by atoms with Crippen LogP contribution in [0.5, 0.6) is 0 Å². The molecule has 1 aliphatic carbocycles. The number of nitrogens with two attached hydrogens (primary N) is 1. The van der Waals surface area contributed by atoms with E-state index in [1.807, 2.05) is 12.1 Å². The Morgan fingerprint density at radius 1 is 0.619 bits per heavy atom. The molecular weight excluding hydrogens is 254 g/mol. The molecule has 0 amide bonds. The van der Waals surface area contributed by atoms with Gasteiger partial charge in [-0.3, -0.25) is 0 Å². The molecule has 1 aliphatic rings. The summed E-state index contributed by atoms with van der Waals surface area (Å²) in [7, 11) is 0. The molecule has 108 valence electrons. The Morgan fingerprint density at radius 2 is 1.24 bits per heavy atom. The van der Waals surface area contributed by atoms with Gasteiger partial charge in [-0.05, 0) is 48.5 Å². The van der Waals surface area contributed by atoms with E-state index in [2.05, 4.69) is 42.5 Å². The Labute approximate surface area is 127 Å². The van der Waals surface area contributed by atoms with Gasteiger partial charge in [-0.25, -0.2) is 0 Å². The van der Waals surface area contributed by atoms with Gasteiger partial charge in [0.25, 0.3) is 0 Å². The summed E-state index contributed by atoms with van der Waals surface area (Å²) in [6.45, 7) is 0. The van der Waals surface area contributed by atoms with E-state index in [0.717, 1.165) is 18.5 Å². The van der Waals surface area contributed by atoms with E-state index < -0.39 is 0 Å². The molecule has 21 heavy (non-hydrogen) atoms. The van der Waals surface area contributed by atoms with Crippen molar-refractivity contribution in [1.82, 2.24) is 0 Å². The molecule has 2 N–H and O–H groups in total. The van der Waals surface area contributed by atoms with Crippen molar-refractivity contribution in [2.75, 3.05) is 5.73 Å². The molecule has 0 bridgehead atoms. The van der Waals surface area contributed by atoms with E-state index >= 15 is 0 Å². The molecule has 1 heteroatoms. The molecule has 2 aromatic carbocycles. The highest BCUT2D eigenvalue weighted by Crippen LogP contribution is 2.37. The minimum absolute atomic E-state index is 0.904. The van der Waals surface area contributed by atoms with Crippen molar-refractivity contribution in [2.45, 2.75) is 38.5 Å². The minimum atomic E-state index is 0.904. The number of rotatable bonds is 2. The lowest BCUT2D eigenvalue weighted by molar-refractivity contribution is 0.649. The highest BCUT2D eigenvalue weighted by molar-refractivity contribution is 5.93. The lowest BCUT2D eigenvalue weighted by Gasteiger charge is -2.20. The second-order valence-electron chi connectivity index (χ2n) is 5.82. The number of anilines is 1. The molecule has 0 aromatic heterocycles. The van der Waals surface area contributed by atoms with E-state index in [-0.39, 0.29) is 0 Å². The third-order valence-electron chi connectivity index (χ3n) is 4.38. The molecule has 0 aliphatic heterocycles. The Kier molecular flexibility index (Phi) is 4.40. The molecular formula is C20H23N. The molecule has 0 atom stereocenters. The average molecular weight is 277 g/mol. The molecule has 3 rings (SSSR count). The summed E-state index contributed by atoms with van der Waals surface area (Å²) in [5.74, 6) is 0. The van der Waals surface area contributed by atoms with Crippen LogP contribution in [0, 0.1) is 0 Å². The number of benzene rings is 2. The molecule has 0 heterocycles. The van der Waals surface area contributed by atoms with Crippen LogP contribution in [0.25, 0.3) is 11.1 Å². The first kappa shape index (κ1) is 13.9. The summed E-state index contributed by atoms with van der Waals surface area (Å²) >= 11 is 0. The fourth-order valence-electron chi connectivity index (χ4n) is 3.29. The number of para-hydroxylation sites is 1. The van der Waals surface area contributed by atoms with Crippen molar-refractivity contribution in [2.24, 2.45) is 0 Å². The highest BCUT2D eigenvalue weighted by atomic mass is 14.6. The standard InChI is InChI=1S/C20H23N/c21-20-15-9-8-14-19(20)18-13-7-2-1-6-12-17(18)16-10-4-3-5-11-16/h3-5,8-11,14-15H,1-2,6-7,12-13,21H2/b18-17-. The molecule has 0 saturated carbocycles. The quantitative estimate of drug-likeness (QED) is 0.717. The fraction of sp³-hybridized carbons (Fsp3) is 0.300. The predicted molar refractivity (Wildman–Crippen MR) is 91.8 cm³/mol. The summed E-state index contributed by atoms with van der Waals surface area (Å²) in [4.78, 5) is 0.